The van der Waals surface area contributed by atoms with Crippen LogP contribution in [0.5, 0.6) is 5.75 Å². The van der Waals surface area contributed by atoms with Crippen LogP contribution in [0.4, 0.5) is 4.79 Å². The van der Waals surface area contributed by atoms with Crippen molar-refractivity contribution in [2.24, 2.45) is 0 Å². The Morgan fingerprint density at radius 2 is 1.76 bits per heavy atom. The van der Waals surface area contributed by atoms with Crippen LogP contribution in [-0.4, -0.2) is 28.2 Å². The highest BCUT2D eigenvalue weighted by atomic mass is 16.5. The topological polar surface area (TPSA) is 80.5 Å². The minimum Gasteiger partial charge on any atom is -0.497 e. The van der Waals surface area contributed by atoms with E-state index in [0.29, 0.717) is 18.3 Å². The summed E-state index contributed by atoms with van der Waals surface area (Å²) in [6, 6.07) is 23.3. The zero-order chi connectivity index (χ0) is 25.9. The number of amides is 2. The van der Waals surface area contributed by atoms with Crippen molar-refractivity contribution in [1.29, 1.82) is 0 Å². The third kappa shape index (κ3) is 4.98. The van der Waals surface area contributed by atoms with E-state index in [9.17, 15) is 4.79 Å². The summed E-state index contributed by atoms with van der Waals surface area (Å²) >= 11 is 0. The van der Waals surface area contributed by atoms with Crippen LogP contribution in [0.2, 0.25) is 0 Å². The van der Waals surface area contributed by atoms with Crippen LogP contribution in [0.3, 0.4) is 0 Å². The summed E-state index contributed by atoms with van der Waals surface area (Å²) in [6.45, 7) is 6.46. The number of nitrogens with one attached hydrogen (secondary N) is 1. The average molecular weight is 495 g/mol. The van der Waals surface area contributed by atoms with Gasteiger partial charge in [0.25, 0.3) is 5.89 Å². The molecule has 2 amide bonds. The van der Waals surface area contributed by atoms with E-state index in [1.54, 1.807) is 12.0 Å². The van der Waals surface area contributed by atoms with Gasteiger partial charge in [-0.15, -0.1) is 0 Å². The molecule has 3 aromatic carbocycles. The lowest BCUT2D eigenvalue weighted by atomic mass is 9.93. The Labute approximate surface area is 216 Å². The second-order valence-electron chi connectivity index (χ2n) is 9.20. The molecule has 0 fully saturated rings. The highest BCUT2D eigenvalue weighted by molar-refractivity contribution is 5.87. The maximum atomic E-state index is 13.4. The summed E-state index contributed by atoms with van der Waals surface area (Å²) in [5.41, 5.74) is 6.70. The molecule has 7 heteroatoms. The van der Waals surface area contributed by atoms with Crippen molar-refractivity contribution in [3.05, 3.63) is 107 Å². The second kappa shape index (κ2) is 10.3. The van der Waals surface area contributed by atoms with Gasteiger partial charge in [0.1, 0.15) is 5.75 Å². The fraction of sp³-hybridized carbons (Fsp3) is 0.233. The number of nitrogens with zero attached hydrogens (tertiary/aromatic N) is 3. The summed E-state index contributed by atoms with van der Waals surface area (Å²) in [4.78, 5) is 19.8. The van der Waals surface area contributed by atoms with Crippen LogP contribution >= 0.6 is 0 Å². The number of urea groups is 1. The number of methoxy groups -OCH3 is 1. The lowest BCUT2D eigenvalue weighted by Crippen LogP contribution is -2.45. The number of allylic oxidation sites excluding steroid dienone is 1. The molecule has 1 aromatic heterocycles. The molecule has 37 heavy (non-hydrogen) atoms. The average Bonchev–Trinajstić information content (AvgIpc) is 3.41. The van der Waals surface area contributed by atoms with E-state index in [2.05, 4.69) is 29.5 Å². The van der Waals surface area contributed by atoms with Gasteiger partial charge in [0.2, 0.25) is 5.82 Å². The minimum absolute atomic E-state index is 0.188. The number of carbonyl (C=O) groups is 1. The maximum absolute atomic E-state index is 13.4. The Balaban J connectivity index is 1.58. The maximum Gasteiger partial charge on any atom is 0.322 e. The Kier molecular flexibility index (Phi) is 6.77. The standard InChI is InChI=1S/C30H30N4O3/c1-5-21-11-15-23(16-12-21)27-26(29-32-28(33-37-29)24-13-9-19(2)10-14-24)20(3)34(30(35)31-27)18-22-7-6-8-25(17-22)36-4/h6-17,27H,5,18H2,1-4H3,(H,31,35). The third-order valence-electron chi connectivity index (χ3n) is 6.76. The highest BCUT2D eigenvalue weighted by Crippen LogP contribution is 2.38. The first kappa shape index (κ1) is 24.3. The molecule has 188 valence electrons. The van der Waals surface area contributed by atoms with E-state index in [1.807, 2.05) is 74.5 Å². The molecule has 0 saturated carbocycles. The van der Waals surface area contributed by atoms with Gasteiger partial charge in [-0.2, -0.15) is 4.98 Å². The molecule has 2 heterocycles. The molecule has 0 aliphatic carbocycles. The molecule has 0 spiro atoms. The number of rotatable bonds is 7. The molecule has 0 radical (unpaired) electrons. The SMILES string of the molecule is CCc1ccc(C2NC(=O)N(Cc3cccc(OC)c3)C(C)=C2c2nc(-c3ccc(C)cc3)no2)cc1. The molecule has 4 aromatic rings. The van der Waals surface area contributed by atoms with E-state index < -0.39 is 6.04 Å². The molecular weight excluding hydrogens is 464 g/mol. The second-order valence-corrected chi connectivity index (χ2v) is 9.20. The van der Waals surface area contributed by atoms with Crippen molar-refractivity contribution < 1.29 is 14.1 Å². The van der Waals surface area contributed by atoms with Crippen molar-refractivity contribution in [1.82, 2.24) is 20.4 Å². The zero-order valence-corrected chi connectivity index (χ0v) is 21.5. The van der Waals surface area contributed by atoms with E-state index in [0.717, 1.165) is 45.7 Å². The molecular formula is C30H30N4O3. The van der Waals surface area contributed by atoms with Gasteiger partial charge in [0, 0.05) is 11.3 Å². The summed E-state index contributed by atoms with van der Waals surface area (Å²) < 4.78 is 11.2. The van der Waals surface area contributed by atoms with Gasteiger partial charge in [0.05, 0.1) is 25.3 Å². The first-order valence-electron chi connectivity index (χ1n) is 12.4. The number of hydrogen-bond acceptors (Lipinski definition) is 5. The zero-order valence-electron chi connectivity index (χ0n) is 21.5. The Hall–Kier alpha value is -4.39. The smallest absolute Gasteiger partial charge is 0.322 e. The molecule has 0 bridgehead atoms. The lowest BCUT2D eigenvalue weighted by Gasteiger charge is -2.35. The number of benzene rings is 3. The minimum atomic E-state index is -0.425. The van der Waals surface area contributed by atoms with Crippen molar-refractivity contribution in [3.8, 4) is 17.1 Å². The van der Waals surface area contributed by atoms with E-state index in [1.165, 1.54) is 5.56 Å². The fourth-order valence-electron chi connectivity index (χ4n) is 4.55. The summed E-state index contributed by atoms with van der Waals surface area (Å²) in [5.74, 6) is 1.63. The predicted molar refractivity (Wildman–Crippen MR) is 143 cm³/mol. The number of aryl methyl sites for hydroxylation is 2. The molecule has 1 N–H and O–H groups in total. The van der Waals surface area contributed by atoms with Gasteiger partial charge >= 0.3 is 6.03 Å². The molecule has 5 rings (SSSR count). The molecule has 7 nitrogen and oxygen atoms in total. The Morgan fingerprint density at radius 1 is 1.00 bits per heavy atom. The van der Waals surface area contributed by atoms with Gasteiger partial charge in [-0.05, 0) is 49.1 Å². The van der Waals surface area contributed by atoms with E-state index >= 15 is 0 Å². The van der Waals surface area contributed by atoms with Crippen LogP contribution < -0.4 is 10.1 Å². The predicted octanol–water partition coefficient (Wildman–Crippen LogP) is 6.31. The van der Waals surface area contributed by atoms with Gasteiger partial charge in [-0.1, -0.05) is 78.3 Å². The molecule has 0 saturated heterocycles. The fourth-order valence-corrected chi connectivity index (χ4v) is 4.55. The van der Waals surface area contributed by atoms with Crippen molar-refractivity contribution in [2.75, 3.05) is 7.11 Å². The van der Waals surface area contributed by atoms with Crippen LogP contribution in [0, 0.1) is 6.92 Å². The molecule has 1 aliphatic rings. The van der Waals surface area contributed by atoms with Crippen LogP contribution in [0.25, 0.3) is 17.0 Å². The monoisotopic (exact) mass is 494 g/mol. The first-order valence-corrected chi connectivity index (χ1v) is 12.4. The molecule has 1 unspecified atom stereocenters. The number of ether oxygens (including phenoxy) is 1. The lowest BCUT2D eigenvalue weighted by molar-refractivity contribution is 0.203. The molecule has 1 aliphatic heterocycles. The highest BCUT2D eigenvalue weighted by Gasteiger charge is 2.35. The van der Waals surface area contributed by atoms with Gasteiger partial charge in [-0.25, -0.2) is 4.79 Å². The summed E-state index contributed by atoms with van der Waals surface area (Å²) in [5, 5.41) is 7.44. The Morgan fingerprint density at radius 3 is 2.46 bits per heavy atom. The normalized spacial score (nSPS) is 15.6. The van der Waals surface area contributed by atoms with Gasteiger partial charge < -0.3 is 14.6 Å². The number of aromatic nitrogens is 2. The van der Waals surface area contributed by atoms with Crippen molar-refractivity contribution in [3.63, 3.8) is 0 Å². The first-order chi connectivity index (χ1) is 18.0. The number of carbonyl (C=O) groups excluding carboxylic acids is 1. The largest absolute Gasteiger partial charge is 0.497 e. The van der Waals surface area contributed by atoms with Crippen molar-refractivity contribution in [2.45, 2.75) is 39.8 Å². The third-order valence-corrected chi connectivity index (χ3v) is 6.76. The quantitative estimate of drug-likeness (QED) is 0.325. The van der Waals surface area contributed by atoms with Crippen molar-refractivity contribution >= 4 is 11.6 Å². The number of hydrogen-bond donors (Lipinski definition) is 1. The van der Waals surface area contributed by atoms with Crippen LogP contribution in [-0.2, 0) is 13.0 Å². The van der Waals surface area contributed by atoms with E-state index in [4.69, 9.17) is 14.2 Å². The van der Waals surface area contributed by atoms with Crippen LogP contribution in [0.1, 0.15) is 48.0 Å². The van der Waals surface area contributed by atoms with Gasteiger partial charge in [0.15, 0.2) is 0 Å². The summed E-state index contributed by atoms with van der Waals surface area (Å²) in [7, 11) is 1.63. The Bertz CT molecular complexity index is 1440. The van der Waals surface area contributed by atoms with E-state index in [-0.39, 0.29) is 6.03 Å². The summed E-state index contributed by atoms with van der Waals surface area (Å²) in [6.07, 6.45) is 0.941. The van der Waals surface area contributed by atoms with Crippen LogP contribution in [0.15, 0.2) is 83.0 Å². The van der Waals surface area contributed by atoms with Gasteiger partial charge in [-0.3, -0.25) is 4.90 Å². The molecule has 1 atom stereocenters.